The predicted octanol–water partition coefficient (Wildman–Crippen LogP) is 4.85. The summed E-state index contributed by atoms with van der Waals surface area (Å²) < 4.78 is 0. The number of nitrogens with one attached hydrogen (secondary N) is 1. The van der Waals surface area contributed by atoms with Crippen molar-refractivity contribution in [2.75, 3.05) is 18.5 Å². The lowest BCUT2D eigenvalue weighted by atomic mass is 9.93. The molecule has 0 aromatic heterocycles. The Bertz CT molecular complexity index is 439. The monoisotopic (exact) mass is 308 g/mol. The van der Waals surface area contributed by atoms with Gasteiger partial charge < -0.3 is 10.2 Å². The van der Waals surface area contributed by atoms with Crippen LogP contribution in [-0.2, 0) is 6.54 Å². The van der Waals surface area contributed by atoms with Crippen LogP contribution in [0.3, 0.4) is 0 Å². The molecule has 0 radical (unpaired) electrons. The van der Waals surface area contributed by atoms with Crippen LogP contribution in [0.1, 0.15) is 51.5 Å². The van der Waals surface area contributed by atoms with E-state index in [1.807, 2.05) is 6.07 Å². The van der Waals surface area contributed by atoms with E-state index < -0.39 is 0 Å². The van der Waals surface area contributed by atoms with Gasteiger partial charge >= 0.3 is 0 Å². The Morgan fingerprint density at radius 1 is 1.24 bits per heavy atom. The van der Waals surface area contributed by atoms with Gasteiger partial charge in [-0.2, -0.15) is 0 Å². The summed E-state index contributed by atoms with van der Waals surface area (Å²) in [4.78, 5) is 2.42. The number of para-hydroxylation sites is 1. The normalized spacial score (nSPS) is 16.4. The van der Waals surface area contributed by atoms with Crippen molar-refractivity contribution in [1.82, 2.24) is 5.32 Å². The highest BCUT2D eigenvalue weighted by molar-refractivity contribution is 6.33. The fourth-order valence-corrected chi connectivity index (χ4v) is 3.57. The molecule has 0 aliphatic heterocycles. The summed E-state index contributed by atoms with van der Waals surface area (Å²) in [6, 6.07) is 6.92. The van der Waals surface area contributed by atoms with E-state index in [0.29, 0.717) is 12.0 Å². The first-order valence-electron chi connectivity index (χ1n) is 8.30. The van der Waals surface area contributed by atoms with Crippen LogP contribution in [0.2, 0.25) is 5.02 Å². The zero-order valence-corrected chi connectivity index (χ0v) is 14.4. The van der Waals surface area contributed by atoms with Crippen LogP contribution >= 0.6 is 11.6 Å². The molecule has 0 bridgehead atoms. The van der Waals surface area contributed by atoms with Gasteiger partial charge in [0.1, 0.15) is 0 Å². The van der Waals surface area contributed by atoms with Crippen LogP contribution in [0.4, 0.5) is 5.69 Å². The van der Waals surface area contributed by atoms with Gasteiger partial charge in [-0.15, -0.1) is 0 Å². The Morgan fingerprint density at radius 2 is 1.95 bits per heavy atom. The van der Waals surface area contributed by atoms with Gasteiger partial charge in [0.05, 0.1) is 10.7 Å². The molecule has 3 heteroatoms. The predicted molar refractivity (Wildman–Crippen MR) is 93.3 cm³/mol. The van der Waals surface area contributed by atoms with Gasteiger partial charge in [-0.3, -0.25) is 0 Å². The summed E-state index contributed by atoms with van der Waals surface area (Å²) in [6.45, 7) is 6.41. The van der Waals surface area contributed by atoms with E-state index in [1.165, 1.54) is 43.4 Å². The summed E-state index contributed by atoms with van der Waals surface area (Å²) in [7, 11) is 2.21. The highest BCUT2D eigenvalue weighted by atomic mass is 35.5. The van der Waals surface area contributed by atoms with Crippen molar-refractivity contribution in [2.45, 2.75) is 58.5 Å². The zero-order valence-electron chi connectivity index (χ0n) is 13.7. The molecule has 0 heterocycles. The number of hydrogen-bond donors (Lipinski definition) is 1. The molecule has 2 rings (SSSR count). The minimum absolute atomic E-state index is 0.641. The van der Waals surface area contributed by atoms with Crippen LogP contribution < -0.4 is 10.2 Å². The van der Waals surface area contributed by atoms with Gasteiger partial charge in [0.15, 0.2) is 0 Å². The van der Waals surface area contributed by atoms with E-state index in [9.17, 15) is 0 Å². The Morgan fingerprint density at radius 3 is 2.62 bits per heavy atom. The maximum absolute atomic E-state index is 6.52. The molecule has 0 unspecified atom stereocenters. The molecule has 1 N–H and O–H groups in total. The fraction of sp³-hybridized carbons (Fsp3) is 0.667. The molecule has 21 heavy (non-hydrogen) atoms. The molecule has 118 valence electrons. The third-order valence-corrected chi connectivity index (χ3v) is 4.72. The number of rotatable bonds is 6. The number of anilines is 1. The molecule has 0 spiro atoms. The number of benzene rings is 1. The van der Waals surface area contributed by atoms with E-state index in [4.69, 9.17) is 11.6 Å². The summed E-state index contributed by atoms with van der Waals surface area (Å²) >= 11 is 6.52. The quantitative estimate of drug-likeness (QED) is 0.807. The Balaban J connectivity index is 2.12. The van der Waals surface area contributed by atoms with Crippen molar-refractivity contribution in [2.24, 2.45) is 5.92 Å². The maximum atomic E-state index is 6.52. The second-order valence-corrected chi connectivity index (χ2v) is 7.08. The van der Waals surface area contributed by atoms with Gasteiger partial charge in [0, 0.05) is 19.6 Å². The smallest absolute Gasteiger partial charge is 0.0642 e. The molecule has 0 atom stereocenters. The first-order chi connectivity index (χ1) is 10.1. The van der Waals surface area contributed by atoms with Gasteiger partial charge in [-0.25, -0.2) is 0 Å². The molecule has 0 amide bonds. The minimum Gasteiger partial charge on any atom is -0.370 e. The van der Waals surface area contributed by atoms with Gasteiger partial charge in [-0.05, 0) is 36.9 Å². The highest BCUT2D eigenvalue weighted by Gasteiger charge is 2.21. The zero-order chi connectivity index (χ0) is 15.2. The van der Waals surface area contributed by atoms with Crippen molar-refractivity contribution in [3.8, 4) is 0 Å². The molecule has 1 aliphatic rings. The van der Waals surface area contributed by atoms with Gasteiger partial charge in [0.25, 0.3) is 0 Å². The van der Waals surface area contributed by atoms with Gasteiger partial charge in [0.2, 0.25) is 0 Å². The van der Waals surface area contributed by atoms with E-state index in [0.717, 1.165) is 18.1 Å². The summed E-state index contributed by atoms with van der Waals surface area (Å²) in [6.07, 6.45) is 6.66. The molecule has 1 aliphatic carbocycles. The van der Waals surface area contributed by atoms with Crippen molar-refractivity contribution < 1.29 is 0 Å². The average Bonchev–Trinajstić information content (AvgIpc) is 2.47. The number of hydrogen-bond acceptors (Lipinski definition) is 2. The van der Waals surface area contributed by atoms with Crippen LogP contribution in [0, 0.1) is 5.92 Å². The molecular formula is C18H29ClN2. The lowest BCUT2D eigenvalue weighted by Gasteiger charge is -2.35. The van der Waals surface area contributed by atoms with E-state index in [2.05, 4.69) is 43.2 Å². The molecule has 2 nitrogen and oxygen atoms in total. The second-order valence-electron chi connectivity index (χ2n) is 6.68. The molecule has 1 aromatic rings. The van der Waals surface area contributed by atoms with E-state index in [1.54, 1.807) is 0 Å². The van der Waals surface area contributed by atoms with Crippen molar-refractivity contribution in [3.63, 3.8) is 0 Å². The molecular weight excluding hydrogens is 280 g/mol. The van der Waals surface area contributed by atoms with Crippen LogP contribution in [0.5, 0.6) is 0 Å². The Labute approximate surface area is 134 Å². The summed E-state index contributed by atoms with van der Waals surface area (Å²) in [5.74, 6) is 0.670. The van der Waals surface area contributed by atoms with Crippen LogP contribution in [0.15, 0.2) is 18.2 Å². The SMILES string of the molecule is CC(C)CNCc1cccc(Cl)c1N(C)C1CCCCC1. The maximum Gasteiger partial charge on any atom is 0.0642 e. The summed E-state index contributed by atoms with van der Waals surface area (Å²) in [5, 5.41) is 4.42. The van der Waals surface area contributed by atoms with E-state index in [-0.39, 0.29) is 0 Å². The average molecular weight is 309 g/mol. The first kappa shape index (κ1) is 16.6. The fourth-order valence-electron chi connectivity index (χ4n) is 3.24. The third-order valence-electron chi connectivity index (χ3n) is 4.41. The largest absolute Gasteiger partial charge is 0.370 e. The third kappa shape index (κ3) is 4.62. The Kier molecular flexibility index (Phi) is 6.38. The molecule has 1 aromatic carbocycles. The topological polar surface area (TPSA) is 15.3 Å². The lowest BCUT2D eigenvalue weighted by molar-refractivity contribution is 0.427. The second kappa shape index (κ2) is 8.05. The minimum atomic E-state index is 0.641. The lowest BCUT2D eigenvalue weighted by Crippen LogP contribution is -2.34. The van der Waals surface area contributed by atoms with E-state index >= 15 is 0 Å². The van der Waals surface area contributed by atoms with Crippen molar-refractivity contribution in [3.05, 3.63) is 28.8 Å². The first-order valence-corrected chi connectivity index (χ1v) is 8.68. The highest BCUT2D eigenvalue weighted by Crippen LogP contribution is 2.34. The van der Waals surface area contributed by atoms with Crippen molar-refractivity contribution >= 4 is 17.3 Å². The molecule has 1 saturated carbocycles. The standard InChI is InChI=1S/C18H29ClN2/c1-14(2)12-20-13-15-8-7-11-17(19)18(15)21(3)16-9-5-4-6-10-16/h7-8,11,14,16,20H,4-6,9-10,12-13H2,1-3H3. The Hall–Kier alpha value is -0.730. The molecule has 1 fully saturated rings. The van der Waals surface area contributed by atoms with Crippen LogP contribution in [-0.4, -0.2) is 19.6 Å². The number of nitrogens with zero attached hydrogens (tertiary/aromatic N) is 1. The van der Waals surface area contributed by atoms with Gasteiger partial charge in [-0.1, -0.05) is 56.8 Å². The summed E-state index contributed by atoms with van der Waals surface area (Å²) in [5.41, 5.74) is 2.54. The van der Waals surface area contributed by atoms with Crippen molar-refractivity contribution in [1.29, 1.82) is 0 Å². The molecule has 0 saturated heterocycles. The number of halogens is 1. The van der Waals surface area contributed by atoms with Crippen LogP contribution in [0.25, 0.3) is 0 Å².